The van der Waals surface area contributed by atoms with Crippen molar-refractivity contribution in [1.29, 1.82) is 0 Å². The van der Waals surface area contributed by atoms with Gasteiger partial charge in [0.2, 0.25) is 0 Å². The van der Waals surface area contributed by atoms with Crippen LogP contribution in [0.3, 0.4) is 0 Å². The third-order valence-electron chi connectivity index (χ3n) is 10.7. The number of hydrogen-bond acceptors (Lipinski definition) is 1. The standard InChI is InChI=1S/C24H40O/c1-16(25)17-10-14-23(5)18(17)8-9-20-22(4)13-7-12-21(2,3)19(22)11-15-24(20,23)6/h17-20H,7-15H2,1-6H3/t17-,18+,19-,20+,22-,23+,24+/m0/s1. The van der Waals surface area contributed by atoms with Gasteiger partial charge in [-0.3, -0.25) is 4.79 Å². The summed E-state index contributed by atoms with van der Waals surface area (Å²) in [7, 11) is 0. The molecular formula is C24H40O. The first-order valence-electron chi connectivity index (χ1n) is 11.1. The molecule has 4 rings (SSSR count). The van der Waals surface area contributed by atoms with E-state index in [2.05, 4.69) is 34.6 Å². The molecule has 7 atom stereocenters. The smallest absolute Gasteiger partial charge is 0.133 e. The minimum atomic E-state index is 0.358. The van der Waals surface area contributed by atoms with Crippen molar-refractivity contribution in [2.75, 3.05) is 0 Å². The van der Waals surface area contributed by atoms with Crippen LogP contribution in [0.15, 0.2) is 0 Å². The number of fused-ring (bicyclic) bond motifs is 5. The Balaban J connectivity index is 1.73. The van der Waals surface area contributed by atoms with Gasteiger partial charge >= 0.3 is 0 Å². The molecule has 0 bridgehead atoms. The van der Waals surface area contributed by atoms with Crippen LogP contribution in [0.5, 0.6) is 0 Å². The maximum absolute atomic E-state index is 12.3. The second kappa shape index (κ2) is 5.35. The summed E-state index contributed by atoms with van der Waals surface area (Å²) in [6.45, 7) is 14.9. The predicted octanol–water partition coefficient (Wildman–Crippen LogP) is 6.65. The highest BCUT2D eigenvalue weighted by Gasteiger charge is 2.67. The minimum absolute atomic E-state index is 0.358. The Kier molecular flexibility index (Phi) is 3.87. The van der Waals surface area contributed by atoms with Crippen LogP contribution in [0.1, 0.15) is 99.3 Å². The van der Waals surface area contributed by atoms with E-state index in [1.807, 2.05) is 6.92 Å². The lowest BCUT2D eigenvalue weighted by Gasteiger charge is -2.69. The van der Waals surface area contributed by atoms with Gasteiger partial charge in [0.15, 0.2) is 0 Å². The summed E-state index contributed by atoms with van der Waals surface area (Å²) in [5.41, 5.74) is 1.88. The summed E-state index contributed by atoms with van der Waals surface area (Å²) in [4.78, 5) is 12.3. The maximum Gasteiger partial charge on any atom is 0.133 e. The van der Waals surface area contributed by atoms with Crippen LogP contribution in [0, 0.1) is 45.3 Å². The second-order valence-electron chi connectivity index (χ2n) is 11.8. The van der Waals surface area contributed by atoms with E-state index in [0.29, 0.717) is 39.3 Å². The van der Waals surface area contributed by atoms with Crippen molar-refractivity contribution in [2.24, 2.45) is 45.3 Å². The minimum Gasteiger partial charge on any atom is -0.300 e. The molecule has 0 aliphatic heterocycles. The summed E-state index contributed by atoms with van der Waals surface area (Å²) in [6.07, 6.45) is 12.2. The molecule has 142 valence electrons. The van der Waals surface area contributed by atoms with Gasteiger partial charge in [-0.1, -0.05) is 41.0 Å². The van der Waals surface area contributed by atoms with Crippen LogP contribution < -0.4 is 0 Å². The van der Waals surface area contributed by atoms with E-state index in [9.17, 15) is 4.79 Å². The molecule has 4 aliphatic rings. The lowest BCUT2D eigenvalue weighted by molar-refractivity contribution is -0.202. The van der Waals surface area contributed by atoms with Crippen LogP contribution in [0.4, 0.5) is 0 Å². The Morgan fingerprint density at radius 2 is 1.44 bits per heavy atom. The molecule has 0 unspecified atom stereocenters. The molecule has 1 nitrogen and oxygen atoms in total. The van der Waals surface area contributed by atoms with Crippen molar-refractivity contribution in [2.45, 2.75) is 99.3 Å². The van der Waals surface area contributed by atoms with Crippen molar-refractivity contribution in [3.63, 3.8) is 0 Å². The summed E-state index contributed by atoms with van der Waals surface area (Å²) >= 11 is 0. The fraction of sp³-hybridized carbons (Fsp3) is 0.958. The molecule has 0 radical (unpaired) electrons. The van der Waals surface area contributed by atoms with Crippen LogP contribution >= 0.6 is 0 Å². The first-order chi connectivity index (χ1) is 11.6. The average Bonchev–Trinajstić information content (AvgIpc) is 2.85. The molecule has 0 aromatic rings. The molecular weight excluding hydrogens is 304 g/mol. The van der Waals surface area contributed by atoms with Crippen LogP contribution in [0.2, 0.25) is 0 Å². The Labute approximate surface area is 155 Å². The van der Waals surface area contributed by atoms with E-state index in [1.165, 1.54) is 51.4 Å². The summed E-state index contributed by atoms with van der Waals surface area (Å²) in [5, 5.41) is 0. The van der Waals surface area contributed by atoms with Crippen LogP contribution in [0.25, 0.3) is 0 Å². The maximum atomic E-state index is 12.3. The van der Waals surface area contributed by atoms with Gasteiger partial charge in [0, 0.05) is 5.92 Å². The normalized spacial score (nSPS) is 54.3. The zero-order valence-corrected chi connectivity index (χ0v) is 17.6. The first kappa shape index (κ1) is 18.1. The predicted molar refractivity (Wildman–Crippen MR) is 104 cm³/mol. The van der Waals surface area contributed by atoms with E-state index >= 15 is 0 Å². The Morgan fingerprint density at radius 1 is 0.760 bits per heavy atom. The topological polar surface area (TPSA) is 17.1 Å². The molecule has 0 aromatic carbocycles. The van der Waals surface area contributed by atoms with Gasteiger partial charge in [-0.05, 0) is 97.7 Å². The molecule has 0 aromatic heterocycles. The van der Waals surface area contributed by atoms with Crippen LogP contribution in [-0.2, 0) is 4.79 Å². The fourth-order valence-electron chi connectivity index (χ4n) is 9.33. The Bertz CT molecular complexity index is 577. The third-order valence-corrected chi connectivity index (χ3v) is 10.7. The highest BCUT2D eigenvalue weighted by molar-refractivity contribution is 5.79. The van der Waals surface area contributed by atoms with Gasteiger partial charge in [0.1, 0.15) is 5.78 Å². The molecule has 4 aliphatic carbocycles. The summed E-state index contributed by atoms with van der Waals surface area (Å²) in [6, 6.07) is 0. The van der Waals surface area contributed by atoms with Crippen molar-refractivity contribution < 1.29 is 4.79 Å². The molecule has 0 saturated heterocycles. The zero-order chi connectivity index (χ0) is 18.3. The van der Waals surface area contributed by atoms with Crippen molar-refractivity contribution in [1.82, 2.24) is 0 Å². The number of rotatable bonds is 1. The molecule has 0 N–H and O–H groups in total. The molecule has 0 spiro atoms. The SMILES string of the molecule is CC(=O)[C@@H]1CC[C@]2(C)[C@@H]1CC[C@@H]1[C@@]3(C)CCCC(C)(C)[C@@H]3CC[C@]12C. The lowest BCUT2D eigenvalue weighted by Crippen LogP contribution is -2.62. The van der Waals surface area contributed by atoms with E-state index in [1.54, 1.807) is 0 Å². The highest BCUT2D eigenvalue weighted by atomic mass is 16.1. The number of ketones is 1. The monoisotopic (exact) mass is 344 g/mol. The highest BCUT2D eigenvalue weighted by Crippen LogP contribution is 2.75. The molecule has 25 heavy (non-hydrogen) atoms. The third kappa shape index (κ3) is 2.16. The van der Waals surface area contributed by atoms with E-state index < -0.39 is 0 Å². The average molecular weight is 345 g/mol. The molecule has 0 heterocycles. The lowest BCUT2D eigenvalue weighted by atomic mass is 9.36. The molecule has 4 saturated carbocycles. The van der Waals surface area contributed by atoms with Crippen molar-refractivity contribution in [3.8, 4) is 0 Å². The Morgan fingerprint density at radius 3 is 2.12 bits per heavy atom. The van der Waals surface area contributed by atoms with E-state index in [4.69, 9.17) is 0 Å². The number of carbonyl (C=O) groups is 1. The Hall–Kier alpha value is -0.330. The molecule has 0 amide bonds. The van der Waals surface area contributed by atoms with E-state index in [-0.39, 0.29) is 0 Å². The number of Topliss-reactive ketones (excluding diaryl/α,β-unsaturated/α-hetero) is 1. The van der Waals surface area contributed by atoms with Crippen LogP contribution in [-0.4, -0.2) is 5.78 Å². The zero-order valence-electron chi connectivity index (χ0n) is 17.6. The van der Waals surface area contributed by atoms with Gasteiger partial charge in [0.05, 0.1) is 0 Å². The second-order valence-corrected chi connectivity index (χ2v) is 11.8. The number of carbonyl (C=O) groups excluding carboxylic acids is 1. The van der Waals surface area contributed by atoms with Crippen molar-refractivity contribution >= 4 is 5.78 Å². The van der Waals surface area contributed by atoms with Crippen molar-refractivity contribution in [3.05, 3.63) is 0 Å². The fourth-order valence-corrected chi connectivity index (χ4v) is 9.33. The molecule has 1 heteroatoms. The molecule has 4 fully saturated rings. The van der Waals surface area contributed by atoms with Gasteiger partial charge < -0.3 is 0 Å². The van der Waals surface area contributed by atoms with Gasteiger partial charge in [-0.15, -0.1) is 0 Å². The first-order valence-corrected chi connectivity index (χ1v) is 11.1. The van der Waals surface area contributed by atoms with E-state index in [0.717, 1.165) is 18.3 Å². The largest absolute Gasteiger partial charge is 0.300 e. The van der Waals surface area contributed by atoms with Gasteiger partial charge in [0.25, 0.3) is 0 Å². The quantitative estimate of drug-likeness (QED) is 0.520. The summed E-state index contributed by atoms with van der Waals surface area (Å²) < 4.78 is 0. The van der Waals surface area contributed by atoms with Gasteiger partial charge in [-0.25, -0.2) is 0 Å². The summed E-state index contributed by atoms with van der Waals surface area (Å²) in [5.74, 6) is 3.25. The van der Waals surface area contributed by atoms with Gasteiger partial charge in [-0.2, -0.15) is 0 Å². The number of hydrogen-bond donors (Lipinski definition) is 0.